The summed E-state index contributed by atoms with van der Waals surface area (Å²) in [6.45, 7) is 0. The number of aromatic nitrogens is 3. The number of thioether (sulfide) groups is 1. The second-order valence-electron chi connectivity index (χ2n) is 8.49. The average molecular weight is 557 g/mol. The number of nitriles is 1. The van der Waals surface area contributed by atoms with Crippen LogP contribution in [0.15, 0.2) is 52.4 Å². The number of amides is 1. The maximum atomic E-state index is 12.5. The van der Waals surface area contributed by atoms with E-state index in [9.17, 15) is 18.5 Å². The molecule has 1 aliphatic carbocycles. The van der Waals surface area contributed by atoms with Gasteiger partial charge in [0.15, 0.2) is 11.0 Å². The summed E-state index contributed by atoms with van der Waals surface area (Å²) in [6.07, 6.45) is 6.71. The fourth-order valence-electron chi connectivity index (χ4n) is 3.91. The van der Waals surface area contributed by atoms with Crippen molar-refractivity contribution in [2.45, 2.75) is 54.9 Å². The first-order valence-electron chi connectivity index (χ1n) is 11.8. The smallest absolute Gasteiger partial charge is 0.263 e. The zero-order chi connectivity index (χ0) is 26.3. The van der Waals surface area contributed by atoms with Gasteiger partial charge in [0.2, 0.25) is 5.91 Å². The molecule has 0 atom stereocenters. The molecule has 37 heavy (non-hydrogen) atoms. The van der Waals surface area contributed by atoms with Crippen molar-refractivity contribution in [2.75, 3.05) is 15.8 Å². The number of halogens is 1. The van der Waals surface area contributed by atoms with E-state index in [0.717, 1.165) is 31.4 Å². The van der Waals surface area contributed by atoms with Crippen LogP contribution < -0.4 is 10.0 Å². The van der Waals surface area contributed by atoms with Gasteiger partial charge in [-0.05, 0) is 73.7 Å². The van der Waals surface area contributed by atoms with Crippen molar-refractivity contribution in [3.8, 4) is 6.07 Å². The van der Waals surface area contributed by atoms with E-state index < -0.39 is 10.0 Å². The van der Waals surface area contributed by atoms with E-state index in [0.29, 0.717) is 22.0 Å². The van der Waals surface area contributed by atoms with Gasteiger partial charge >= 0.3 is 0 Å². The molecule has 0 radical (unpaired) electrons. The third kappa shape index (κ3) is 7.41. The Morgan fingerprint density at radius 2 is 1.81 bits per heavy atom. The Morgan fingerprint density at radius 1 is 1.05 bits per heavy atom. The standard InChI is InChI=1S/C25H25ClN6O3S2/c26-22-11-12-23(31-30-22)32-37(34,35)20-9-7-19(8-10-20)28-24(33)13-14-36-25-18(16-27)15-17-5-3-1-2-4-6-21(17)29-25/h7-12,15H,1-6,13-14H2,(H,28,33)(H,31,32). The predicted molar refractivity (Wildman–Crippen MR) is 143 cm³/mol. The second-order valence-corrected chi connectivity index (χ2v) is 11.6. The van der Waals surface area contributed by atoms with Gasteiger partial charge < -0.3 is 5.32 Å². The quantitative estimate of drug-likeness (QED) is 0.370. The van der Waals surface area contributed by atoms with Crippen LogP contribution in [-0.2, 0) is 27.7 Å². The number of rotatable bonds is 8. The molecule has 1 amide bonds. The van der Waals surface area contributed by atoms with Crippen LogP contribution in [0, 0.1) is 11.3 Å². The van der Waals surface area contributed by atoms with Crippen LogP contribution in [0.1, 0.15) is 48.9 Å². The highest BCUT2D eigenvalue weighted by Crippen LogP contribution is 2.27. The maximum Gasteiger partial charge on any atom is 0.263 e. The Kier molecular flexibility index (Phi) is 8.97. The van der Waals surface area contributed by atoms with Crippen molar-refractivity contribution >= 4 is 50.8 Å². The number of sulfonamides is 1. The molecule has 0 spiro atoms. The number of pyridine rings is 1. The van der Waals surface area contributed by atoms with Gasteiger partial charge in [-0.25, -0.2) is 13.4 Å². The first kappa shape index (κ1) is 26.9. The summed E-state index contributed by atoms with van der Waals surface area (Å²) in [5.41, 5.74) is 3.26. The molecule has 0 saturated carbocycles. The van der Waals surface area contributed by atoms with Gasteiger partial charge in [-0.1, -0.05) is 24.4 Å². The normalized spacial score (nSPS) is 13.5. The number of fused-ring (bicyclic) bond motifs is 1. The van der Waals surface area contributed by atoms with Crippen LogP contribution in [0.3, 0.4) is 0 Å². The second kappa shape index (κ2) is 12.4. The van der Waals surface area contributed by atoms with Gasteiger partial charge in [0.05, 0.1) is 10.5 Å². The Labute approximate surface area is 225 Å². The summed E-state index contributed by atoms with van der Waals surface area (Å²) in [5, 5.41) is 20.5. The number of benzene rings is 1. The molecule has 0 bridgehead atoms. The van der Waals surface area contributed by atoms with Gasteiger partial charge in [0.1, 0.15) is 11.1 Å². The molecular weight excluding hydrogens is 532 g/mol. The maximum absolute atomic E-state index is 12.5. The first-order chi connectivity index (χ1) is 17.8. The van der Waals surface area contributed by atoms with Gasteiger partial charge in [-0.3, -0.25) is 9.52 Å². The lowest BCUT2D eigenvalue weighted by Crippen LogP contribution is -2.15. The Balaban J connectivity index is 1.32. The number of aryl methyl sites for hydroxylation is 2. The number of carbonyl (C=O) groups is 1. The van der Waals surface area contributed by atoms with Crippen LogP contribution in [0.2, 0.25) is 5.15 Å². The molecule has 2 heterocycles. The predicted octanol–water partition coefficient (Wildman–Crippen LogP) is 4.98. The number of carbonyl (C=O) groups excluding carboxylic acids is 1. The average Bonchev–Trinajstić information content (AvgIpc) is 2.86. The van der Waals surface area contributed by atoms with Crippen LogP contribution in [0.4, 0.5) is 11.5 Å². The summed E-state index contributed by atoms with van der Waals surface area (Å²) in [4.78, 5) is 17.2. The summed E-state index contributed by atoms with van der Waals surface area (Å²) in [5.74, 6) is 0.283. The van der Waals surface area contributed by atoms with E-state index in [1.54, 1.807) is 0 Å². The minimum absolute atomic E-state index is 0.00632. The Hall–Kier alpha value is -3.20. The number of nitrogens with one attached hydrogen (secondary N) is 2. The summed E-state index contributed by atoms with van der Waals surface area (Å²) < 4.78 is 27.4. The minimum Gasteiger partial charge on any atom is -0.326 e. The van der Waals surface area contributed by atoms with E-state index >= 15 is 0 Å². The van der Waals surface area contributed by atoms with E-state index in [1.807, 2.05) is 6.07 Å². The number of hydrogen-bond donors (Lipinski definition) is 2. The van der Waals surface area contributed by atoms with Crippen LogP contribution >= 0.6 is 23.4 Å². The minimum atomic E-state index is -3.88. The SMILES string of the molecule is N#Cc1cc2c(nc1SCCC(=O)Nc1ccc(S(=O)(=O)Nc3ccc(Cl)nn3)cc1)CCCCCC2. The van der Waals surface area contributed by atoms with Crippen LogP contribution in [0.25, 0.3) is 0 Å². The monoisotopic (exact) mass is 556 g/mol. The lowest BCUT2D eigenvalue weighted by Gasteiger charge is -2.15. The van der Waals surface area contributed by atoms with Gasteiger partial charge in [-0.15, -0.1) is 22.0 Å². The molecular formula is C25H25ClN6O3S2. The molecule has 0 fully saturated rings. The van der Waals surface area contributed by atoms with Crippen molar-refractivity contribution in [1.82, 2.24) is 15.2 Å². The van der Waals surface area contributed by atoms with Crippen LogP contribution in [0.5, 0.6) is 0 Å². The molecule has 0 unspecified atom stereocenters. The third-order valence-electron chi connectivity index (χ3n) is 5.77. The molecule has 9 nitrogen and oxygen atoms in total. The molecule has 1 aliphatic rings. The molecule has 2 aromatic heterocycles. The van der Waals surface area contributed by atoms with Crippen molar-refractivity contribution in [2.24, 2.45) is 0 Å². The zero-order valence-corrected chi connectivity index (χ0v) is 22.3. The fraction of sp³-hybridized carbons (Fsp3) is 0.320. The van der Waals surface area contributed by atoms with Gasteiger partial charge in [-0.2, -0.15) is 5.26 Å². The van der Waals surface area contributed by atoms with Crippen LogP contribution in [-0.4, -0.2) is 35.3 Å². The van der Waals surface area contributed by atoms with E-state index in [4.69, 9.17) is 16.6 Å². The summed E-state index contributed by atoms with van der Waals surface area (Å²) >= 11 is 7.07. The Morgan fingerprint density at radius 3 is 2.51 bits per heavy atom. The molecule has 0 saturated heterocycles. The lowest BCUT2D eigenvalue weighted by atomic mass is 9.96. The number of anilines is 2. The van der Waals surface area contributed by atoms with E-state index in [2.05, 4.69) is 26.3 Å². The van der Waals surface area contributed by atoms with Crippen molar-refractivity contribution < 1.29 is 13.2 Å². The van der Waals surface area contributed by atoms with Crippen molar-refractivity contribution in [1.29, 1.82) is 5.26 Å². The topological polar surface area (TPSA) is 138 Å². The molecule has 2 N–H and O–H groups in total. The highest BCUT2D eigenvalue weighted by Gasteiger charge is 2.17. The van der Waals surface area contributed by atoms with Crippen molar-refractivity contribution in [3.63, 3.8) is 0 Å². The number of hydrogen-bond acceptors (Lipinski definition) is 8. The molecule has 12 heteroatoms. The zero-order valence-electron chi connectivity index (χ0n) is 19.9. The van der Waals surface area contributed by atoms with Gasteiger partial charge in [0.25, 0.3) is 10.0 Å². The molecule has 4 rings (SSSR count). The first-order valence-corrected chi connectivity index (χ1v) is 14.7. The van der Waals surface area contributed by atoms with E-state index in [1.165, 1.54) is 66.6 Å². The molecule has 0 aliphatic heterocycles. The summed E-state index contributed by atoms with van der Waals surface area (Å²) in [6, 6.07) is 12.8. The van der Waals surface area contributed by atoms with E-state index in [-0.39, 0.29) is 28.2 Å². The van der Waals surface area contributed by atoms with Gasteiger partial charge in [0, 0.05) is 23.6 Å². The summed E-state index contributed by atoms with van der Waals surface area (Å²) in [7, 11) is -3.88. The lowest BCUT2D eigenvalue weighted by molar-refractivity contribution is -0.115. The fourth-order valence-corrected chi connectivity index (χ4v) is 5.92. The Bertz CT molecular complexity index is 1410. The third-order valence-corrected chi connectivity index (χ3v) is 8.34. The van der Waals surface area contributed by atoms with Crippen molar-refractivity contribution in [3.05, 3.63) is 64.4 Å². The number of nitrogens with zero attached hydrogens (tertiary/aromatic N) is 4. The highest BCUT2D eigenvalue weighted by atomic mass is 35.5. The largest absolute Gasteiger partial charge is 0.326 e. The highest BCUT2D eigenvalue weighted by molar-refractivity contribution is 7.99. The molecule has 192 valence electrons. The molecule has 3 aromatic rings. The molecule has 1 aromatic carbocycles.